The van der Waals surface area contributed by atoms with Crippen LogP contribution in [0.4, 0.5) is 15.2 Å². The lowest BCUT2D eigenvalue weighted by atomic mass is 9.88. The Morgan fingerprint density at radius 1 is 1.18 bits per heavy atom. The first-order chi connectivity index (χ1) is 19.4. The maximum atomic E-state index is 14.7. The number of nitriles is 1. The summed E-state index contributed by atoms with van der Waals surface area (Å²) in [6, 6.07) is 6.45. The SMILES string of the molecule is CC.CCCC.CCc1c(-c2ncc(F)c3sc(N)c(C#N)c23)c2c(c3ccc(N4CCC(C)C4)nc13)COC2. The van der Waals surface area contributed by atoms with E-state index in [0.29, 0.717) is 46.3 Å². The number of anilines is 2. The second-order valence-corrected chi connectivity index (χ2v) is 11.2. The smallest absolute Gasteiger partial charge is 0.159 e. The number of ether oxygens (including phenoxy) is 1. The summed E-state index contributed by atoms with van der Waals surface area (Å²) in [6.45, 7) is 15.7. The predicted octanol–water partition coefficient (Wildman–Crippen LogP) is 8.38. The molecule has 212 valence electrons. The Kier molecular flexibility index (Phi) is 9.60. The van der Waals surface area contributed by atoms with Crippen molar-refractivity contribution in [3.8, 4) is 17.3 Å². The summed E-state index contributed by atoms with van der Waals surface area (Å²) in [5.41, 5.74) is 12.0. The molecule has 0 spiro atoms. The molecule has 4 aromatic rings. The van der Waals surface area contributed by atoms with E-state index >= 15 is 0 Å². The van der Waals surface area contributed by atoms with E-state index in [1.54, 1.807) is 0 Å². The molecular weight excluding hydrogens is 521 g/mol. The van der Waals surface area contributed by atoms with Gasteiger partial charge < -0.3 is 15.4 Å². The molecule has 3 aromatic heterocycles. The van der Waals surface area contributed by atoms with E-state index in [0.717, 1.165) is 69.8 Å². The van der Waals surface area contributed by atoms with Crippen molar-refractivity contribution in [1.82, 2.24) is 9.97 Å². The predicted molar refractivity (Wildman–Crippen MR) is 165 cm³/mol. The molecule has 6 nitrogen and oxygen atoms in total. The second-order valence-electron chi connectivity index (χ2n) is 10.2. The number of thiophene rings is 1. The first-order valence-electron chi connectivity index (χ1n) is 14.5. The first-order valence-corrected chi connectivity index (χ1v) is 15.3. The van der Waals surface area contributed by atoms with Crippen molar-refractivity contribution in [2.45, 2.75) is 80.4 Å². The molecule has 8 heteroatoms. The topological polar surface area (TPSA) is 88.1 Å². The highest BCUT2D eigenvalue weighted by Gasteiger charge is 2.29. The maximum absolute atomic E-state index is 14.7. The summed E-state index contributed by atoms with van der Waals surface area (Å²) >= 11 is 1.10. The third kappa shape index (κ3) is 5.25. The van der Waals surface area contributed by atoms with Gasteiger partial charge in [0.25, 0.3) is 0 Å². The minimum atomic E-state index is -0.466. The van der Waals surface area contributed by atoms with Crippen LogP contribution in [0, 0.1) is 23.1 Å². The van der Waals surface area contributed by atoms with Gasteiger partial charge in [0.05, 0.1) is 40.9 Å². The normalized spacial score (nSPS) is 15.8. The molecule has 2 aliphatic heterocycles. The molecule has 1 unspecified atom stereocenters. The van der Waals surface area contributed by atoms with Gasteiger partial charge >= 0.3 is 0 Å². The Bertz CT molecular complexity index is 1560. The van der Waals surface area contributed by atoms with Crippen molar-refractivity contribution in [3.63, 3.8) is 0 Å². The van der Waals surface area contributed by atoms with Gasteiger partial charge in [0.2, 0.25) is 0 Å². The van der Waals surface area contributed by atoms with Crippen LogP contribution in [0.1, 0.15) is 83.1 Å². The zero-order valence-corrected chi connectivity index (χ0v) is 25.3. The molecule has 1 fully saturated rings. The Morgan fingerprint density at radius 3 is 2.52 bits per heavy atom. The molecule has 2 aliphatic rings. The van der Waals surface area contributed by atoms with Gasteiger partial charge in [-0.1, -0.05) is 54.4 Å². The minimum absolute atomic E-state index is 0.282. The molecule has 2 N–H and O–H groups in total. The molecular formula is C32H40FN5OS. The molecule has 0 aliphatic carbocycles. The lowest BCUT2D eigenvalue weighted by molar-refractivity contribution is 0.135. The zero-order valence-electron chi connectivity index (χ0n) is 24.5. The molecule has 1 aromatic carbocycles. The van der Waals surface area contributed by atoms with Crippen LogP contribution in [0.2, 0.25) is 0 Å². The number of benzene rings is 1. The van der Waals surface area contributed by atoms with Gasteiger partial charge in [-0.05, 0) is 47.6 Å². The maximum Gasteiger partial charge on any atom is 0.159 e. The van der Waals surface area contributed by atoms with E-state index in [9.17, 15) is 9.65 Å². The molecule has 0 amide bonds. The number of nitrogens with two attached hydrogens (primary N) is 1. The van der Waals surface area contributed by atoms with Crippen LogP contribution >= 0.6 is 11.3 Å². The molecule has 1 saturated heterocycles. The summed E-state index contributed by atoms with van der Waals surface area (Å²) in [5, 5.41) is 11.7. The van der Waals surface area contributed by atoms with Crippen molar-refractivity contribution < 1.29 is 9.13 Å². The molecule has 1 atom stereocenters. The van der Waals surface area contributed by atoms with Gasteiger partial charge in [0.15, 0.2) is 5.82 Å². The van der Waals surface area contributed by atoms with Gasteiger partial charge in [-0.3, -0.25) is 4.98 Å². The monoisotopic (exact) mass is 561 g/mol. The molecule has 0 radical (unpaired) electrons. The lowest BCUT2D eigenvalue weighted by Gasteiger charge is -2.21. The highest BCUT2D eigenvalue weighted by molar-refractivity contribution is 7.23. The summed E-state index contributed by atoms with van der Waals surface area (Å²) in [4.78, 5) is 12.0. The van der Waals surface area contributed by atoms with Crippen LogP contribution < -0.4 is 10.6 Å². The number of pyridine rings is 2. The Morgan fingerprint density at radius 2 is 1.90 bits per heavy atom. The van der Waals surface area contributed by atoms with Crippen LogP contribution in [0.15, 0.2) is 18.3 Å². The number of fused-ring (bicyclic) bond motifs is 4. The fraction of sp³-hybridized carbons (Fsp3) is 0.469. The van der Waals surface area contributed by atoms with Gasteiger partial charge in [0.1, 0.15) is 16.9 Å². The fourth-order valence-electron chi connectivity index (χ4n) is 5.45. The number of unbranched alkanes of at least 4 members (excludes halogenated alkanes) is 1. The number of aryl methyl sites for hydroxylation is 1. The van der Waals surface area contributed by atoms with Crippen molar-refractivity contribution >= 4 is 43.1 Å². The zero-order chi connectivity index (χ0) is 29.0. The second kappa shape index (κ2) is 12.9. The third-order valence-electron chi connectivity index (χ3n) is 7.60. The average molecular weight is 562 g/mol. The van der Waals surface area contributed by atoms with Crippen molar-refractivity contribution in [3.05, 3.63) is 46.4 Å². The number of nitrogen functional groups attached to an aromatic ring is 1. The van der Waals surface area contributed by atoms with Crippen LogP contribution in [0.5, 0.6) is 0 Å². The summed E-state index contributed by atoms with van der Waals surface area (Å²) < 4.78 is 21.0. The van der Waals surface area contributed by atoms with Crippen molar-refractivity contribution in [2.75, 3.05) is 23.7 Å². The van der Waals surface area contributed by atoms with E-state index in [1.165, 1.54) is 19.0 Å². The van der Waals surface area contributed by atoms with E-state index in [1.807, 2.05) is 13.8 Å². The van der Waals surface area contributed by atoms with Crippen LogP contribution in [0.3, 0.4) is 0 Å². The number of halogens is 1. The van der Waals surface area contributed by atoms with E-state index in [4.69, 9.17) is 15.5 Å². The van der Waals surface area contributed by atoms with Gasteiger partial charge in [-0.15, -0.1) is 11.3 Å². The fourth-order valence-corrected chi connectivity index (χ4v) is 6.37. The van der Waals surface area contributed by atoms with Gasteiger partial charge in [-0.2, -0.15) is 5.26 Å². The van der Waals surface area contributed by atoms with Crippen molar-refractivity contribution in [2.24, 2.45) is 5.92 Å². The third-order valence-corrected chi connectivity index (χ3v) is 8.63. The number of hydrogen-bond acceptors (Lipinski definition) is 7. The highest BCUT2D eigenvalue weighted by atomic mass is 32.1. The van der Waals surface area contributed by atoms with Crippen molar-refractivity contribution in [1.29, 1.82) is 5.26 Å². The van der Waals surface area contributed by atoms with Gasteiger partial charge in [-0.25, -0.2) is 9.37 Å². The van der Waals surface area contributed by atoms with Crippen LogP contribution in [-0.4, -0.2) is 23.1 Å². The molecule has 40 heavy (non-hydrogen) atoms. The Balaban J connectivity index is 0.000000568. The highest BCUT2D eigenvalue weighted by Crippen LogP contribution is 2.46. The van der Waals surface area contributed by atoms with Gasteiger partial charge in [0, 0.05) is 29.4 Å². The average Bonchev–Trinajstić information content (AvgIpc) is 3.72. The summed E-state index contributed by atoms with van der Waals surface area (Å²) in [5.74, 6) is 1.16. The number of nitrogens with zero attached hydrogens (tertiary/aromatic N) is 4. The minimum Gasteiger partial charge on any atom is -0.389 e. The summed E-state index contributed by atoms with van der Waals surface area (Å²) in [6.07, 6.45) is 5.75. The molecule has 0 bridgehead atoms. The van der Waals surface area contributed by atoms with E-state index in [2.05, 4.69) is 55.8 Å². The van der Waals surface area contributed by atoms with E-state index < -0.39 is 5.82 Å². The molecule has 5 heterocycles. The number of aromatic nitrogens is 2. The Labute approximate surface area is 241 Å². The summed E-state index contributed by atoms with van der Waals surface area (Å²) in [7, 11) is 0. The van der Waals surface area contributed by atoms with Crippen LogP contribution in [-0.2, 0) is 24.4 Å². The van der Waals surface area contributed by atoms with Crippen LogP contribution in [0.25, 0.3) is 32.2 Å². The standard InChI is InChI=1S/C26H24FN5OS.C4H10.C2H6/c1-3-14-21(24-22-16(8-28)26(29)34-25(22)19(27)9-30-24)18-12-33-11-17(18)15-4-5-20(31-23(14)15)32-7-6-13(2)10-32;1-3-4-2;1-2/h4-5,9,13H,3,6-7,10-12,29H2,1-2H3;3-4H2,1-2H3;1-2H3. The quantitative estimate of drug-likeness (QED) is 0.269. The Hall–Kier alpha value is -3.28. The molecule has 6 rings (SSSR count). The number of hydrogen-bond donors (Lipinski definition) is 1. The van der Waals surface area contributed by atoms with E-state index in [-0.39, 0.29) is 5.56 Å². The largest absolute Gasteiger partial charge is 0.389 e. The first kappa shape index (κ1) is 29.7. The lowest BCUT2D eigenvalue weighted by Crippen LogP contribution is -2.20. The number of rotatable bonds is 4. The molecule has 0 saturated carbocycles.